The molecule has 0 aliphatic carbocycles. The molecule has 0 bridgehead atoms. The van der Waals surface area contributed by atoms with Gasteiger partial charge in [-0.15, -0.1) is 0 Å². The van der Waals surface area contributed by atoms with Crippen LogP contribution >= 0.6 is 0 Å². The molecular formula is C6H13NO4S. The molecule has 5 nitrogen and oxygen atoms in total. The minimum Gasteiger partial charge on any atom is -0.464 e. The Morgan fingerprint density at radius 1 is 1.50 bits per heavy atom. The standard InChI is InChI=1S/C6H13NO4S/c1-3-4-5-7(6(8)9)12(2,10)11/h3-5H2,1-2H3,(H,8,9). The van der Waals surface area contributed by atoms with E-state index in [1.165, 1.54) is 0 Å². The molecule has 0 aliphatic heterocycles. The molecule has 0 aromatic rings. The van der Waals surface area contributed by atoms with Crippen LogP contribution in [0, 0.1) is 0 Å². The maximum Gasteiger partial charge on any atom is 0.421 e. The zero-order chi connectivity index (χ0) is 9.78. The number of amides is 1. The summed E-state index contributed by atoms with van der Waals surface area (Å²) in [5, 5.41) is 8.48. The van der Waals surface area contributed by atoms with Crippen LogP contribution in [0.15, 0.2) is 0 Å². The summed E-state index contributed by atoms with van der Waals surface area (Å²) in [4.78, 5) is 10.4. The Labute approximate surface area is 72.0 Å². The maximum absolute atomic E-state index is 10.8. The van der Waals surface area contributed by atoms with Crippen molar-refractivity contribution in [3.63, 3.8) is 0 Å². The summed E-state index contributed by atoms with van der Waals surface area (Å²) in [6, 6.07) is 0. The Hall–Kier alpha value is -0.780. The van der Waals surface area contributed by atoms with Gasteiger partial charge in [-0.25, -0.2) is 17.5 Å². The van der Waals surface area contributed by atoms with E-state index in [1.54, 1.807) is 0 Å². The van der Waals surface area contributed by atoms with Gasteiger partial charge in [-0.2, -0.15) is 0 Å². The highest BCUT2D eigenvalue weighted by atomic mass is 32.2. The van der Waals surface area contributed by atoms with Gasteiger partial charge in [-0.05, 0) is 6.42 Å². The molecule has 0 aliphatic rings. The number of nitrogens with zero attached hydrogens (tertiary/aromatic N) is 1. The van der Waals surface area contributed by atoms with Gasteiger partial charge in [-0.1, -0.05) is 13.3 Å². The van der Waals surface area contributed by atoms with Crippen molar-refractivity contribution in [2.45, 2.75) is 19.8 Å². The molecule has 0 atom stereocenters. The van der Waals surface area contributed by atoms with E-state index in [0.717, 1.165) is 12.7 Å². The van der Waals surface area contributed by atoms with E-state index < -0.39 is 16.1 Å². The van der Waals surface area contributed by atoms with E-state index in [2.05, 4.69) is 0 Å². The van der Waals surface area contributed by atoms with Crippen molar-refractivity contribution in [3.05, 3.63) is 0 Å². The summed E-state index contributed by atoms with van der Waals surface area (Å²) in [5.41, 5.74) is 0. The summed E-state index contributed by atoms with van der Waals surface area (Å²) in [6.07, 6.45) is 0.793. The van der Waals surface area contributed by atoms with Crippen molar-refractivity contribution >= 4 is 16.1 Å². The number of sulfonamides is 1. The van der Waals surface area contributed by atoms with Gasteiger partial charge in [0.15, 0.2) is 0 Å². The second-order valence-electron chi connectivity index (χ2n) is 2.47. The third-order valence-electron chi connectivity index (χ3n) is 1.33. The second kappa shape index (κ2) is 4.30. The number of unbranched alkanes of at least 4 members (excludes halogenated alkanes) is 1. The van der Waals surface area contributed by atoms with E-state index in [4.69, 9.17) is 5.11 Å². The monoisotopic (exact) mass is 195 g/mol. The molecule has 0 rings (SSSR count). The van der Waals surface area contributed by atoms with Crippen molar-refractivity contribution < 1.29 is 18.3 Å². The smallest absolute Gasteiger partial charge is 0.421 e. The van der Waals surface area contributed by atoms with Crippen LogP contribution in [0.4, 0.5) is 4.79 Å². The highest BCUT2D eigenvalue weighted by molar-refractivity contribution is 7.88. The lowest BCUT2D eigenvalue weighted by Gasteiger charge is -2.15. The molecule has 6 heteroatoms. The number of rotatable bonds is 4. The minimum absolute atomic E-state index is 0.0463. The zero-order valence-electron chi connectivity index (χ0n) is 7.15. The van der Waals surface area contributed by atoms with Crippen LogP contribution < -0.4 is 0 Å². The lowest BCUT2D eigenvalue weighted by molar-refractivity contribution is 0.172. The van der Waals surface area contributed by atoms with Gasteiger partial charge in [0.1, 0.15) is 0 Å². The Bertz CT molecular complexity index is 246. The Kier molecular flexibility index (Phi) is 4.02. The average Bonchev–Trinajstić information content (AvgIpc) is 1.84. The third kappa shape index (κ3) is 3.56. The largest absolute Gasteiger partial charge is 0.464 e. The quantitative estimate of drug-likeness (QED) is 0.717. The van der Waals surface area contributed by atoms with E-state index >= 15 is 0 Å². The van der Waals surface area contributed by atoms with Crippen LogP contribution in [0.3, 0.4) is 0 Å². The fourth-order valence-electron chi connectivity index (χ4n) is 0.705. The van der Waals surface area contributed by atoms with Crippen LogP contribution in [0.1, 0.15) is 19.8 Å². The zero-order valence-corrected chi connectivity index (χ0v) is 7.97. The van der Waals surface area contributed by atoms with Crippen molar-refractivity contribution in [2.75, 3.05) is 12.8 Å². The van der Waals surface area contributed by atoms with E-state index in [0.29, 0.717) is 10.7 Å². The van der Waals surface area contributed by atoms with Gasteiger partial charge < -0.3 is 5.11 Å². The van der Waals surface area contributed by atoms with Crippen LogP contribution in [-0.4, -0.2) is 36.7 Å². The molecular weight excluding hydrogens is 182 g/mol. The fourth-order valence-corrected chi connectivity index (χ4v) is 1.45. The highest BCUT2D eigenvalue weighted by Gasteiger charge is 2.20. The maximum atomic E-state index is 10.8. The Balaban J connectivity index is 4.36. The molecule has 0 aromatic carbocycles. The minimum atomic E-state index is -3.60. The second-order valence-corrected chi connectivity index (χ2v) is 4.38. The van der Waals surface area contributed by atoms with Gasteiger partial charge in [0.2, 0.25) is 10.0 Å². The van der Waals surface area contributed by atoms with Crippen LogP contribution in [0.5, 0.6) is 0 Å². The molecule has 0 aromatic heterocycles. The summed E-state index contributed by atoms with van der Waals surface area (Å²) >= 11 is 0. The first kappa shape index (κ1) is 11.2. The van der Waals surface area contributed by atoms with Crippen molar-refractivity contribution in [1.82, 2.24) is 4.31 Å². The van der Waals surface area contributed by atoms with Gasteiger partial charge in [0.05, 0.1) is 6.26 Å². The lowest BCUT2D eigenvalue weighted by Crippen LogP contribution is -2.35. The Morgan fingerprint density at radius 3 is 2.25 bits per heavy atom. The summed E-state index contributed by atoms with van der Waals surface area (Å²) < 4.78 is 22.1. The lowest BCUT2D eigenvalue weighted by atomic mass is 10.3. The van der Waals surface area contributed by atoms with Crippen molar-refractivity contribution in [3.8, 4) is 0 Å². The molecule has 0 heterocycles. The van der Waals surface area contributed by atoms with Crippen LogP contribution in [0.2, 0.25) is 0 Å². The van der Waals surface area contributed by atoms with E-state index in [-0.39, 0.29) is 6.54 Å². The fraction of sp³-hybridized carbons (Fsp3) is 0.833. The van der Waals surface area contributed by atoms with Crippen LogP contribution in [-0.2, 0) is 10.0 Å². The van der Waals surface area contributed by atoms with Gasteiger partial charge in [0, 0.05) is 6.54 Å². The molecule has 72 valence electrons. The molecule has 0 fully saturated rings. The predicted molar refractivity (Wildman–Crippen MR) is 44.5 cm³/mol. The van der Waals surface area contributed by atoms with Gasteiger partial charge in [-0.3, -0.25) is 0 Å². The summed E-state index contributed by atoms with van der Waals surface area (Å²) in [5.74, 6) is 0. The predicted octanol–water partition coefficient (Wildman–Crippen LogP) is 0.726. The first-order chi connectivity index (χ1) is 5.39. The number of hydrogen-bond acceptors (Lipinski definition) is 3. The molecule has 0 saturated carbocycles. The molecule has 0 radical (unpaired) electrons. The molecule has 0 spiro atoms. The van der Waals surface area contributed by atoms with Gasteiger partial charge in [0.25, 0.3) is 0 Å². The van der Waals surface area contributed by atoms with Crippen molar-refractivity contribution in [2.24, 2.45) is 0 Å². The van der Waals surface area contributed by atoms with E-state index in [9.17, 15) is 13.2 Å². The van der Waals surface area contributed by atoms with Gasteiger partial charge >= 0.3 is 6.09 Å². The first-order valence-corrected chi connectivity index (χ1v) is 5.45. The number of hydrogen-bond donors (Lipinski definition) is 1. The average molecular weight is 195 g/mol. The third-order valence-corrected chi connectivity index (χ3v) is 2.47. The van der Waals surface area contributed by atoms with E-state index in [1.807, 2.05) is 6.92 Å². The molecule has 1 N–H and O–H groups in total. The van der Waals surface area contributed by atoms with Crippen LogP contribution in [0.25, 0.3) is 0 Å². The topological polar surface area (TPSA) is 74.7 Å². The normalized spacial score (nSPS) is 11.2. The number of carboxylic acid groups (broad SMARTS) is 1. The molecule has 1 amide bonds. The summed E-state index contributed by atoms with van der Waals surface area (Å²) in [7, 11) is -3.60. The SMILES string of the molecule is CCCCN(C(=O)O)S(C)(=O)=O. The number of carbonyl (C=O) groups is 1. The summed E-state index contributed by atoms with van der Waals surface area (Å²) in [6.45, 7) is 1.91. The molecule has 0 unspecified atom stereocenters. The van der Waals surface area contributed by atoms with Crippen molar-refractivity contribution in [1.29, 1.82) is 0 Å². The molecule has 0 saturated heterocycles. The highest BCUT2D eigenvalue weighted by Crippen LogP contribution is 2.01. The first-order valence-electron chi connectivity index (χ1n) is 3.60. The molecule has 12 heavy (non-hydrogen) atoms. The Morgan fingerprint density at radius 2 is 2.00 bits per heavy atom.